The van der Waals surface area contributed by atoms with Gasteiger partial charge in [0.25, 0.3) is 5.69 Å². The van der Waals surface area contributed by atoms with E-state index in [1.165, 1.54) is 6.07 Å². The molecule has 1 rings (SSSR count). The lowest BCUT2D eigenvalue weighted by Gasteiger charge is -2.03. The topological polar surface area (TPSA) is 80.4 Å². The van der Waals surface area contributed by atoms with Crippen molar-refractivity contribution in [3.8, 4) is 0 Å². The fourth-order valence-corrected chi connectivity index (χ4v) is 1.17. The van der Waals surface area contributed by atoms with Gasteiger partial charge in [0.2, 0.25) is 0 Å². The molecule has 0 saturated carbocycles. The number of aryl methyl sites for hydroxylation is 1. The van der Waals surface area contributed by atoms with E-state index in [4.69, 9.17) is 5.11 Å². The van der Waals surface area contributed by atoms with E-state index in [-0.39, 0.29) is 11.3 Å². The highest BCUT2D eigenvalue weighted by molar-refractivity contribution is 5.90. The van der Waals surface area contributed by atoms with Crippen LogP contribution < -0.4 is 0 Å². The molecule has 1 aromatic carbocycles. The molecule has 0 spiro atoms. The molecule has 1 aromatic rings. The molecule has 14 heavy (non-hydrogen) atoms. The average molecular weight is 195 g/mol. The van der Waals surface area contributed by atoms with Crippen LogP contribution in [0.25, 0.3) is 0 Å². The van der Waals surface area contributed by atoms with E-state index in [1.807, 2.05) is 0 Å². The minimum atomic E-state index is -1.14. The number of nitrogens with zero attached hydrogens (tertiary/aromatic N) is 1. The molecule has 0 bridgehead atoms. The Kier molecular flexibility index (Phi) is 2.51. The minimum Gasteiger partial charge on any atom is -0.478 e. The molecule has 74 valence electrons. The molecule has 0 amide bonds. The van der Waals surface area contributed by atoms with Crippen LogP contribution in [0.3, 0.4) is 0 Å². The zero-order chi connectivity index (χ0) is 10.9. The molecule has 0 aliphatic carbocycles. The molecule has 5 heteroatoms. The van der Waals surface area contributed by atoms with Gasteiger partial charge in [0, 0.05) is 12.1 Å². The second kappa shape index (κ2) is 3.45. The van der Waals surface area contributed by atoms with Crippen molar-refractivity contribution >= 4 is 11.7 Å². The second-order valence-corrected chi connectivity index (χ2v) is 3.00. The number of nitro benzene ring substituents is 1. The molecule has 0 unspecified atom stereocenters. The lowest BCUT2D eigenvalue weighted by molar-refractivity contribution is -0.384. The summed E-state index contributed by atoms with van der Waals surface area (Å²) in [6.45, 7) is 3.28. The van der Waals surface area contributed by atoms with Crippen LogP contribution in [0.1, 0.15) is 21.5 Å². The van der Waals surface area contributed by atoms with Gasteiger partial charge in [-0.15, -0.1) is 0 Å². The van der Waals surface area contributed by atoms with Crippen LogP contribution >= 0.6 is 0 Å². The molecule has 0 aliphatic heterocycles. The Morgan fingerprint density at radius 1 is 1.43 bits per heavy atom. The maximum atomic E-state index is 10.7. The van der Waals surface area contributed by atoms with Crippen LogP contribution in [0.4, 0.5) is 5.69 Å². The smallest absolute Gasteiger partial charge is 0.336 e. The summed E-state index contributed by atoms with van der Waals surface area (Å²) < 4.78 is 0. The Morgan fingerprint density at radius 2 is 2.00 bits per heavy atom. The highest BCUT2D eigenvalue weighted by Crippen LogP contribution is 2.21. The summed E-state index contributed by atoms with van der Waals surface area (Å²) in [6.07, 6.45) is 0. The lowest BCUT2D eigenvalue weighted by Crippen LogP contribution is -2.03. The van der Waals surface area contributed by atoms with Crippen LogP contribution in [-0.2, 0) is 0 Å². The van der Waals surface area contributed by atoms with Crippen LogP contribution in [0.5, 0.6) is 0 Å². The first-order chi connectivity index (χ1) is 6.43. The standard InChI is InChI=1S/C9H9NO4/c1-5-3-7(10(13)14)4-8(6(5)2)9(11)12/h3-4H,1-2H3,(H,11,12). The number of carboxylic acids is 1. The number of aromatic carboxylic acids is 1. The van der Waals surface area contributed by atoms with Crippen molar-refractivity contribution < 1.29 is 14.8 Å². The highest BCUT2D eigenvalue weighted by Gasteiger charge is 2.15. The quantitative estimate of drug-likeness (QED) is 0.577. The zero-order valence-electron chi connectivity index (χ0n) is 7.77. The van der Waals surface area contributed by atoms with Crippen molar-refractivity contribution in [3.63, 3.8) is 0 Å². The van der Waals surface area contributed by atoms with E-state index < -0.39 is 10.9 Å². The van der Waals surface area contributed by atoms with Crippen LogP contribution in [0.2, 0.25) is 0 Å². The van der Waals surface area contributed by atoms with Crippen LogP contribution in [0.15, 0.2) is 12.1 Å². The first-order valence-corrected chi connectivity index (χ1v) is 3.92. The van der Waals surface area contributed by atoms with Gasteiger partial charge in [-0.2, -0.15) is 0 Å². The predicted octanol–water partition coefficient (Wildman–Crippen LogP) is 1.91. The first-order valence-electron chi connectivity index (χ1n) is 3.92. The van der Waals surface area contributed by atoms with E-state index in [0.29, 0.717) is 11.1 Å². The summed E-state index contributed by atoms with van der Waals surface area (Å²) in [5.41, 5.74) is 0.960. The summed E-state index contributed by atoms with van der Waals surface area (Å²) in [7, 11) is 0. The number of carboxylic acid groups (broad SMARTS) is 1. The number of non-ortho nitro benzene ring substituents is 1. The Balaban J connectivity index is 3.43. The number of hydrogen-bond donors (Lipinski definition) is 1. The Labute approximate surface area is 80.1 Å². The van der Waals surface area contributed by atoms with E-state index in [1.54, 1.807) is 13.8 Å². The van der Waals surface area contributed by atoms with E-state index >= 15 is 0 Å². The molecule has 0 aromatic heterocycles. The van der Waals surface area contributed by atoms with Gasteiger partial charge in [-0.1, -0.05) is 0 Å². The third kappa shape index (κ3) is 1.71. The van der Waals surface area contributed by atoms with Crippen molar-refractivity contribution in [2.75, 3.05) is 0 Å². The number of nitro groups is 1. The third-order valence-electron chi connectivity index (χ3n) is 2.09. The predicted molar refractivity (Wildman–Crippen MR) is 49.5 cm³/mol. The molecule has 0 saturated heterocycles. The fraction of sp³-hybridized carbons (Fsp3) is 0.222. The summed E-state index contributed by atoms with van der Waals surface area (Å²) in [4.78, 5) is 20.6. The van der Waals surface area contributed by atoms with Gasteiger partial charge >= 0.3 is 5.97 Å². The molecule has 5 nitrogen and oxygen atoms in total. The van der Waals surface area contributed by atoms with E-state index in [9.17, 15) is 14.9 Å². The molecule has 0 heterocycles. The Bertz CT molecular complexity index is 412. The maximum absolute atomic E-state index is 10.7. The monoisotopic (exact) mass is 195 g/mol. The van der Waals surface area contributed by atoms with Crippen molar-refractivity contribution in [1.29, 1.82) is 0 Å². The van der Waals surface area contributed by atoms with E-state index in [2.05, 4.69) is 0 Å². The summed E-state index contributed by atoms with van der Waals surface area (Å²) in [5.74, 6) is -1.14. The van der Waals surface area contributed by atoms with Gasteiger partial charge in [-0.05, 0) is 25.0 Å². The summed E-state index contributed by atoms with van der Waals surface area (Å²) in [5, 5.41) is 19.2. The molecule has 0 aliphatic rings. The van der Waals surface area contributed by atoms with Gasteiger partial charge in [0.05, 0.1) is 10.5 Å². The molecular weight excluding hydrogens is 186 g/mol. The SMILES string of the molecule is Cc1cc([N+](=O)[O-])cc(C(=O)O)c1C. The van der Waals surface area contributed by atoms with Gasteiger partial charge in [-0.25, -0.2) is 4.79 Å². The lowest BCUT2D eigenvalue weighted by atomic mass is 10.0. The summed E-state index contributed by atoms with van der Waals surface area (Å²) in [6, 6.07) is 2.44. The van der Waals surface area contributed by atoms with Crippen molar-refractivity contribution in [2.24, 2.45) is 0 Å². The number of carbonyl (C=O) groups is 1. The van der Waals surface area contributed by atoms with E-state index in [0.717, 1.165) is 6.07 Å². The zero-order valence-corrected chi connectivity index (χ0v) is 7.77. The third-order valence-corrected chi connectivity index (χ3v) is 2.09. The average Bonchev–Trinajstić information content (AvgIpc) is 2.08. The Hall–Kier alpha value is -1.91. The minimum absolute atomic E-state index is 0.0169. The molecule has 0 radical (unpaired) electrons. The fourth-order valence-electron chi connectivity index (χ4n) is 1.17. The number of rotatable bonds is 2. The molecular formula is C9H9NO4. The maximum Gasteiger partial charge on any atom is 0.336 e. The van der Waals surface area contributed by atoms with Crippen molar-refractivity contribution in [3.05, 3.63) is 38.9 Å². The molecule has 1 N–H and O–H groups in total. The van der Waals surface area contributed by atoms with Crippen LogP contribution in [-0.4, -0.2) is 16.0 Å². The number of benzene rings is 1. The van der Waals surface area contributed by atoms with Gasteiger partial charge in [0.15, 0.2) is 0 Å². The highest BCUT2D eigenvalue weighted by atomic mass is 16.6. The Morgan fingerprint density at radius 3 is 2.43 bits per heavy atom. The first kappa shape index (κ1) is 10.2. The van der Waals surface area contributed by atoms with Gasteiger partial charge < -0.3 is 5.11 Å². The normalized spacial score (nSPS) is 9.86. The van der Waals surface area contributed by atoms with Gasteiger partial charge in [-0.3, -0.25) is 10.1 Å². The largest absolute Gasteiger partial charge is 0.478 e. The van der Waals surface area contributed by atoms with Crippen molar-refractivity contribution in [1.82, 2.24) is 0 Å². The summed E-state index contributed by atoms with van der Waals surface area (Å²) >= 11 is 0. The second-order valence-electron chi connectivity index (χ2n) is 3.00. The molecule has 0 fully saturated rings. The molecule has 0 atom stereocenters. The number of hydrogen-bond acceptors (Lipinski definition) is 3. The van der Waals surface area contributed by atoms with Crippen LogP contribution in [0, 0.1) is 24.0 Å². The van der Waals surface area contributed by atoms with Gasteiger partial charge in [0.1, 0.15) is 0 Å². The van der Waals surface area contributed by atoms with Crippen molar-refractivity contribution in [2.45, 2.75) is 13.8 Å².